The molecule has 1 aromatic rings. The zero-order chi connectivity index (χ0) is 13.5. The molecule has 6 heteroatoms. The summed E-state index contributed by atoms with van der Waals surface area (Å²) < 4.78 is 0. The molecule has 0 aliphatic rings. The number of carbonyl (C=O) groups is 2. The van der Waals surface area contributed by atoms with E-state index in [1.807, 2.05) is 19.9 Å². The topological polar surface area (TPSA) is 78.4 Å². The van der Waals surface area contributed by atoms with Crippen LogP contribution in [0.2, 0.25) is 0 Å². The maximum atomic E-state index is 11.7. The fourth-order valence-electron chi connectivity index (χ4n) is 1.36. The average Bonchev–Trinajstić information content (AvgIpc) is 2.79. The van der Waals surface area contributed by atoms with E-state index in [1.54, 1.807) is 6.07 Å². The molecule has 0 aliphatic carbocycles. The third-order valence-electron chi connectivity index (χ3n) is 2.45. The molecule has 0 aliphatic heterocycles. The van der Waals surface area contributed by atoms with Gasteiger partial charge in [0.1, 0.15) is 0 Å². The molecule has 0 saturated carbocycles. The minimum absolute atomic E-state index is 0.0771. The van der Waals surface area contributed by atoms with Gasteiger partial charge in [-0.25, -0.2) is 0 Å². The van der Waals surface area contributed by atoms with Crippen LogP contribution in [0.4, 0.5) is 0 Å². The van der Waals surface area contributed by atoms with E-state index in [0.717, 1.165) is 4.88 Å². The molecule has 0 bridgehead atoms. The van der Waals surface area contributed by atoms with Gasteiger partial charge in [0.2, 0.25) is 5.91 Å². The Morgan fingerprint density at radius 1 is 1.44 bits per heavy atom. The quantitative estimate of drug-likeness (QED) is 0.711. The molecule has 1 rings (SSSR count). The van der Waals surface area contributed by atoms with Crippen molar-refractivity contribution in [3.8, 4) is 0 Å². The summed E-state index contributed by atoms with van der Waals surface area (Å²) in [6, 6.07) is 3.34. The average molecular weight is 270 g/mol. The summed E-state index contributed by atoms with van der Waals surface area (Å²) in [6.07, 6.45) is 0.653. The van der Waals surface area contributed by atoms with Crippen molar-refractivity contribution >= 4 is 23.2 Å². The largest absolute Gasteiger partial charge is 0.394 e. The minimum atomic E-state index is -0.294. The molecular formula is C12H18N2O3S. The van der Waals surface area contributed by atoms with E-state index < -0.39 is 0 Å². The summed E-state index contributed by atoms with van der Waals surface area (Å²) in [6.45, 7) is 3.61. The SMILES string of the molecule is CCC(CO)NC(=O)CNC(=O)c1ccc(C)s1. The second kappa shape index (κ2) is 7.13. The van der Waals surface area contributed by atoms with Gasteiger partial charge >= 0.3 is 0 Å². The molecule has 100 valence electrons. The van der Waals surface area contributed by atoms with Crippen LogP contribution in [-0.4, -0.2) is 36.1 Å². The molecule has 3 N–H and O–H groups in total. The Morgan fingerprint density at radius 3 is 2.67 bits per heavy atom. The monoisotopic (exact) mass is 270 g/mol. The summed E-state index contributed by atoms with van der Waals surface area (Å²) in [5.74, 6) is -0.544. The third-order valence-corrected chi connectivity index (χ3v) is 3.45. The van der Waals surface area contributed by atoms with Crippen molar-refractivity contribution in [2.24, 2.45) is 0 Å². The molecule has 1 atom stereocenters. The molecule has 0 saturated heterocycles. The molecule has 1 heterocycles. The molecule has 1 aromatic heterocycles. The number of nitrogens with one attached hydrogen (secondary N) is 2. The molecule has 1 unspecified atom stereocenters. The van der Waals surface area contributed by atoms with E-state index in [1.165, 1.54) is 11.3 Å². The van der Waals surface area contributed by atoms with Gasteiger partial charge in [0.05, 0.1) is 24.1 Å². The first-order chi connectivity index (χ1) is 8.56. The molecule has 18 heavy (non-hydrogen) atoms. The third kappa shape index (κ3) is 4.46. The number of thiophene rings is 1. The number of hydrogen-bond donors (Lipinski definition) is 3. The summed E-state index contributed by atoms with van der Waals surface area (Å²) in [7, 11) is 0. The first-order valence-electron chi connectivity index (χ1n) is 5.81. The highest BCUT2D eigenvalue weighted by atomic mass is 32.1. The lowest BCUT2D eigenvalue weighted by Crippen LogP contribution is -2.43. The number of aryl methyl sites for hydroxylation is 1. The molecule has 0 aromatic carbocycles. The second-order valence-electron chi connectivity index (χ2n) is 3.95. The lowest BCUT2D eigenvalue weighted by Gasteiger charge is -2.13. The normalized spacial score (nSPS) is 11.9. The number of carbonyl (C=O) groups excluding carboxylic acids is 2. The van der Waals surface area contributed by atoms with Crippen LogP contribution < -0.4 is 10.6 Å². The van der Waals surface area contributed by atoms with Gasteiger partial charge in [-0.15, -0.1) is 11.3 Å². The Bertz CT molecular complexity index is 413. The van der Waals surface area contributed by atoms with E-state index in [-0.39, 0.29) is 31.0 Å². The summed E-state index contributed by atoms with van der Waals surface area (Å²) in [5.41, 5.74) is 0. The smallest absolute Gasteiger partial charge is 0.261 e. The van der Waals surface area contributed by atoms with Crippen LogP contribution in [0.25, 0.3) is 0 Å². The second-order valence-corrected chi connectivity index (χ2v) is 5.24. The number of amides is 2. The Kier molecular flexibility index (Phi) is 5.80. The van der Waals surface area contributed by atoms with E-state index in [9.17, 15) is 9.59 Å². The Balaban J connectivity index is 2.36. The van der Waals surface area contributed by atoms with Crippen LogP contribution in [0.15, 0.2) is 12.1 Å². The fourth-order valence-corrected chi connectivity index (χ4v) is 2.14. The standard InChI is InChI=1S/C12H18N2O3S/c1-3-9(7-15)14-11(16)6-13-12(17)10-5-4-8(2)18-10/h4-5,9,15H,3,6-7H2,1-2H3,(H,13,17)(H,14,16). The van der Waals surface area contributed by atoms with Gasteiger partial charge in [-0.2, -0.15) is 0 Å². The Hall–Kier alpha value is -1.40. The zero-order valence-electron chi connectivity index (χ0n) is 10.5. The van der Waals surface area contributed by atoms with Gasteiger partial charge in [0, 0.05) is 4.88 Å². The lowest BCUT2D eigenvalue weighted by atomic mass is 10.2. The Labute approximate surface area is 110 Å². The summed E-state index contributed by atoms with van der Waals surface area (Å²) >= 11 is 1.39. The fraction of sp³-hybridized carbons (Fsp3) is 0.500. The van der Waals surface area contributed by atoms with E-state index in [4.69, 9.17) is 5.11 Å². The highest BCUT2D eigenvalue weighted by Gasteiger charge is 2.12. The van der Waals surface area contributed by atoms with Crippen LogP contribution in [-0.2, 0) is 4.79 Å². The van der Waals surface area contributed by atoms with Crippen molar-refractivity contribution < 1.29 is 14.7 Å². The Morgan fingerprint density at radius 2 is 2.17 bits per heavy atom. The number of hydrogen-bond acceptors (Lipinski definition) is 4. The van der Waals surface area contributed by atoms with Crippen LogP contribution >= 0.6 is 11.3 Å². The number of aliphatic hydroxyl groups excluding tert-OH is 1. The summed E-state index contributed by atoms with van der Waals surface area (Å²) in [4.78, 5) is 24.8. The molecule has 0 spiro atoms. The zero-order valence-corrected chi connectivity index (χ0v) is 11.3. The van der Waals surface area contributed by atoms with Crippen LogP contribution in [0.5, 0.6) is 0 Å². The van der Waals surface area contributed by atoms with E-state index in [2.05, 4.69) is 10.6 Å². The number of aliphatic hydroxyl groups is 1. The van der Waals surface area contributed by atoms with Gasteiger partial charge < -0.3 is 15.7 Å². The molecule has 2 amide bonds. The summed E-state index contributed by atoms with van der Waals surface area (Å²) in [5, 5.41) is 14.1. The van der Waals surface area contributed by atoms with Gasteiger partial charge in [-0.05, 0) is 25.5 Å². The lowest BCUT2D eigenvalue weighted by molar-refractivity contribution is -0.121. The maximum absolute atomic E-state index is 11.7. The molecule has 0 fully saturated rings. The first-order valence-corrected chi connectivity index (χ1v) is 6.63. The minimum Gasteiger partial charge on any atom is -0.394 e. The maximum Gasteiger partial charge on any atom is 0.261 e. The molecule has 5 nitrogen and oxygen atoms in total. The van der Waals surface area contributed by atoms with Gasteiger partial charge in [0.25, 0.3) is 5.91 Å². The predicted molar refractivity (Wildman–Crippen MR) is 70.7 cm³/mol. The first kappa shape index (κ1) is 14.7. The van der Waals surface area contributed by atoms with E-state index in [0.29, 0.717) is 11.3 Å². The van der Waals surface area contributed by atoms with Crippen molar-refractivity contribution in [3.63, 3.8) is 0 Å². The van der Waals surface area contributed by atoms with Crippen molar-refractivity contribution in [2.75, 3.05) is 13.2 Å². The van der Waals surface area contributed by atoms with Gasteiger partial charge in [0.15, 0.2) is 0 Å². The molecule has 0 radical (unpaired) electrons. The van der Waals surface area contributed by atoms with Crippen LogP contribution in [0.1, 0.15) is 27.9 Å². The van der Waals surface area contributed by atoms with Crippen molar-refractivity contribution in [1.82, 2.24) is 10.6 Å². The van der Waals surface area contributed by atoms with Crippen LogP contribution in [0.3, 0.4) is 0 Å². The number of rotatable bonds is 6. The van der Waals surface area contributed by atoms with Crippen molar-refractivity contribution in [1.29, 1.82) is 0 Å². The highest BCUT2D eigenvalue weighted by Crippen LogP contribution is 2.14. The van der Waals surface area contributed by atoms with Crippen LogP contribution in [0, 0.1) is 6.92 Å². The molecular weight excluding hydrogens is 252 g/mol. The highest BCUT2D eigenvalue weighted by molar-refractivity contribution is 7.13. The van der Waals surface area contributed by atoms with Gasteiger partial charge in [-0.1, -0.05) is 6.92 Å². The van der Waals surface area contributed by atoms with Crippen molar-refractivity contribution in [2.45, 2.75) is 26.3 Å². The van der Waals surface area contributed by atoms with Crippen molar-refractivity contribution in [3.05, 3.63) is 21.9 Å². The predicted octanol–water partition coefficient (Wildman–Crippen LogP) is 0.673. The van der Waals surface area contributed by atoms with E-state index >= 15 is 0 Å². The van der Waals surface area contributed by atoms with Gasteiger partial charge in [-0.3, -0.25) is 9.59 Å².